The van der Waals surface area contributed by atoms with Gasteiger partial charge < -0.3 is 5.32 Å². The van der Waals surface area contributed by atoms with Gasteiger partial charge in [-0.25, -0.2) is 13.2 Å². The van der Waals surface area contributed by atoms with Crippen LogP contribution >= 0.6 is 0 Å². The highest BCUT2D eigenvalue weighted by Gasteiger charge is 2.24. The Morgan fingerprint density at radius 2 is 1.67 bits per heavy atom. The van der Waals surface area contributed by atoms with Crippen molar-refractivity contribution in [1.29, 1.82) is 0 Å². The molecule has 0 unspecified atom stereocenters. The molecule has 0 fully saturated rings. The van der Waals surface area contributed by atoms with Crippen molar-refractivity contribution in [3.63, 3.8) is 0 Å². The molecule has 0 saturated carbocycles. The van der Waals surface area contributed by atoms with E-state index in [0.29, 0.717) is 23.4 Å². The number of hydrogen-bond acceptors (Lipinski definition) is 2. The highest BCUT2D eigenvalue weighted by molar-refractivity contribution is 6.09. The van der Waals surface area contributed by atoms with Crippen LogP contribution in [0.1, 0.15) is 15.9 Å². The van der Waals surface area contributed by atoms with Gasteiger partial charge in [-0.05, 0) is 30.7 Å². The number of nitrogens with one attached hydrogen (secondary N) is 1. The van der Waals surface area contributed by atoms with E-state index in [1.54, 1.807) is 31.2 Å². The summed E-state index contributed by atoms with van der Waals surface area (Å²) in [5.41, 5.74) is 0.715. The molecule has 24 heavy (non-hydrogen) atoms. The third kappa shape index (κ3) is 3.56. The third-order valence-corrected chi connectivity index (χ3v) is 3.46. The van der Waals surface area contributed by atoms with Crippen LogP contribution in [0.5, 0.6) is 0 Å². The largest absolute Gasteiger partial charge is 0.358 e. The first kappa shape index (κ1) is 17.5. The van der Waals surface area contributed by atoms with Crippen molar-refractivity contribution in [2.75, 3.05) is 18.5 Å². The molecule has 0 aromatic heterocycles. The molecule has 2 rings (SSSR count). The molecule has 0 bridgehead atoms. The average Bonchev–Trinajstić information content (AvgIpc) is 2.57. The zero-order valence-corrected chi connectivity index (χ0v) is 13.1. The van der Waals surface area contributed by atoms with Gasteiger partial charge in [0, 0.05) is 18.3 Å². The first-order valence-corrected chi connectivity index (χ1v) is 7.07. The first-order valence-electron chi connectivity index (χ1n) is 7.07. The summed E-state index contributed by atoms with van der Waals surface area (Å²) in [6.45, 7) is 1.38. The van der Waals surface area contributed by atoms with Crippen molar-refractivity contribution in [1.82, 2.24) is 5.32 Å². The maximum absolute atomic E-state index is 13.4. The number of amides is 2. The molecule has 0 heterocycles. The second-order valence-electron chi connectivity index (χ2n) is 5.10. The highest BCUT2D eigenvalue weighted by Crippen LogP contribution is 2.23. The Balaban J connectivity index is 2.49. The van der Waals surface area contributed by atoms with Crippen molar-refractivity contribution < 1.29 is 22.8 Å². The topological polar surface area (TPSA) is 49.4 Å². The van der Waals surface area contributed by atoms with E-state index in [2.05, 4.69) is 5.32 Å². The second kappa shape index (κ2) is 7.16. The fraction of sp³-hybridized carbons (Fsp3) is 0.176. The number of likely N-dealkylation sites (N-methyl/N-ethyl adjacent to an activating group) is 1. The fourth-order valence-electron chi connectivity index (χ4n) is 2.19. The first-order chi connectivity index (χ1) is 11.3. The number of anilines is 1. The van der Waals surface area contributed by atoms with Gasteiger partial charge in [-0.1, -0.05) is 18.2 Å². The maximum Gasteiger partial charge on any atom is 0.258 e. The normalized spacial score (nSPS) is 10.4. The van der Waals surface area contributed by atoms with Crippen LogP contribution in [-0.4, -0.2) is 25.4 Å². The van der Waals surface area contributed by atoms with E-state index >= 15 is 0 Å². The molecular formula is C17H15F3N2O2. The molecule has 126 valence electrons. The van der Waals surface area contributed by atoms with Crippen LogP contribution in [-0.2, 0) is 4.79 Å². The number of nitrogens with zero attached hydrogens (tertiary/aromatic N) is 1. The van der Waals surface area contributed by atoms with Crippen LogP contribution in [0, 0.1) is 24.4 Å². The third-order valence-electron chi connectivity index (χ3n) is 3.46. The number of benzene rings is 2. The molecule has 0 radical (unpaired) electrons. The van der Waals surface area contributed by atoms with Crippen molar-refractivity contribution in [3.05, 3.63) is 65.0 Å². The molecule has 0 saturated heterocycles. The number of carbonyl (C=O) groups is 2. The van der Waals surface area contributed by atoms with Crippen LogP contribution in [0.3, 0.4) is 0 Å². The number of aryl methyl sites for hydroxylation is 1. The Labute approximate surface area is 136 Å². The van der Waals surface area contributed by atoms with Crippen molar-refractivity contribution >= 4 is 17.5 Å². The van der Waals surface area contributed by atoms with Crippen LogP contribution in [0.2, 0.25) is 0 Å². The lowest BCUT2D eigenvalue weighted by Crippen LogP contribution is -2.40. The summed E-state index contributed by atoms with van der Waals surface area (Å²) in [5, 5.41) is 2.38. The predicted octanol–water partition coefficient (Wildman–Crippen LogP) is 2.81. The van der Waals surface area contributed by atoms with Gasteiger partial charge in [0.15, 0.2) is 17.5 Å². The second-order valence-corrected chi connectivity index (χ2v) is 5.10. The SMILES string of the molecule is CNC(=O)CN(C(=O)c1cc(F)c(F)c(F)c1)c1ccccc1C. The van der Waals surface area contributed by atoms with Crippen LogP contribution < -0.4 is 10.2 Å². The van der Waals surface area contributed by atoms with Crippen molar-refractivity contribution in [3.8, 4) is 0 Å². The van der Waals surface area contributed by atoms with Gasteiger partial charge in [-0.2, -0.15) is 0 Å². The minimum absolute atomic E-state index is 0.346. The number of para-hydroxylation sites is 1. The number of halogens is 3. The minimum atomic E-state index is -1.65. The lowest BCUT2D eigenvalue weighted by molar-refractivity contribution is -0.119. The monoisotopic (exact) mass is 336 g/mol. The summed E-state index contributed by atoms with van der Waals surface area (Å²) in [4.78, 5) is 25.5. The molecule has 0 spiro atoms. The smallest absolute Gasteiger partial charge is 0.258 e. The standard InChI is InChI=1S/C17H15F3N2O2/c1-10-5-3-4-6-14(10)22(9-15(23)21-2)17(24)11-7-12(18)16(20)13(19)8-11/h3-8H,9H2,1-2H3,(H,21,23). The summed E-state index contributed by atoms with van der Waals surface area (Å²) in [7, 11) is 1.40. The fourth-order valence-corrected chi connectivity index (χ4v) is 2.19. The Kier molecular flexibility index (Phi) is 5.23. The van der Waals surface area contributed by atoms with Gasteiger partial charge in [0.05, 0.1) is 0 Å². The minimum Gasteiger partial charge on any atom is -0.358 e. The van der Waals surface area contributed by atoms with Gasteiger partial charge in [0.1, 0.15) is 6.54 Å². The number of carbonyl (C=O) groups excluding carboxylic acids is 2. The molecule has 7 heteroatoms. The number of rotatable bonds is 4. The Bertz CT molecular complexity index is 770. The zero-order valence-electron chi connectivity index (χ0n) is 13.1. The molecule has 0 aliphatic carbocycles. The van der Waals surface area contributed by atoms with E-state index in [-0.39, 0.29) is 6.54 Å². The van der Waals surface area contributed by atoms with Gasteiger partial charge in [0.2, 0.25) is 5.91 Å². The van der Waals surface area contributed by atoms with Gasteiger partial charge in [-0.3, -0.25) is 14.5 Å². The lowest BCUT2D eigenvalue weighted by Gasteiger charge is -2.24. The average molecular weight is 336 g/mol. The molecule has 4 nitrogen and oxygen atoms in total. The van der Waals surface area contributed by atoms with E-state index < -0.39 is 34.8 Å². The zero-order chi connectivity index (χ0) is 17.9. The van der Waals surface area contributed by atoms with Crippen LogP contribution in [0.4, 0.5) is 18.9 Å². The molecule has 2 amide bonds. The Hall–Kier alpha value is -2.83. The van der Waals surface area contributed by atoms with E-state index in [1.165, 1.54) is 7.05 Å². The van der Waals surface area contributed by atoms with Crippen LogP contribution in [0.25, 0.3) is 0 Å². The van der Waals surface area contributed by atoms with E-state index in [9.17, 15) is 22.8 Å². The quantitative estimate of drug-likeness (QED) is 0.873. The molecule has 0 atom stereocenters. The van der Waals surface area contributed by atoms with Gasteiger partial charge in [0.25, 0.3) is 5.91 Å². The van der Waals surface area contributed by atoms with E-state index in [0.717, 1.165) is 4.90 Å². The molecule has 2 aromatic carbocycles. The summed E-state index contributed by atoms with van der Waals surface area (Å²) >= 11 is 0. The molecule has 0 aliphatic rings. The van der Waals surface area contributed by atoms with Crippen molar-refractivity contribution in [2.24, 2.45) is 0 Å². The van der Waals surface area contributed by atoms with Crippen molar-refractivity contribution in [2.45, 2.75) is 6.92 Å². The number of hydrogen-bond donors (Lipinski definition) is 1. The highest BCUT2D eigenvalue weighted by atomic mass is 19.2. The van der Waals surface area contributed by atoms with E-state index in [4.69, 9.17) is 0 Å². The van der Waals surface area contributed by atoms with Crippen LogP contribution in [0.15, 0.2) is 36.4 Å². The molecular weight excluding hydrogens is 321 g/mol. The predicted molar refractivity (Wildman–Crippen MR) is 83.2 cm³/mol. The Morgan fingerprint density at radius 3 is 2.21 bits per heavy atom. The Morgan fingerprint density at radius 1 is 1.08 bits per heavy atom. The molecule has 0 aliphatic heterocycles. The molecule has 1 N–H and O–H groups in total. The molecule has 2 aromatic rings. The lowest BCUT2D eigenvalue weighted by atomic mass is 10.1. The summed E-state index contributed by atoms with van der Waals surface area (Å²) in [5.74, 6) is -5.87. The van der Waals surface area contributed by atoms with Gasteiger partial charge >= 0.3 is 0 Å². The van der Waals surface area contributed by atoms with E-state index in [1.807, 2.05) is 0 Å². The maximum atomic E-state index is 13.4. The summed E-state index contributed by atoms with van der Waals surface area (Å²) in [6, 6.07) is 7.96. The van der Waals surface area contributed by atoms with Gasteiger partial charge in [-0.15, -0.1) is 0 Å². The summed E-state index contributed by atoms with van der Waals surface area (Å²) < 4.78 is 39.9. The summed E-state index contributed by atoms with van der Waals surface area (Å²) in [6.07, 6.45) is 0.